The van der Waals surface area contributed by atoms with Crippen LogP contribution >= 0.6 is 23.2 Å². The maximum absolute atomic E-state index is 12.6. The first-order valence-corrected chi connectivity index (χ1v) is 9.14. The van der Waals surface area contributed by atoms with Crippen molar-refractivity contribution in [3.8, 4) is 11.5 Å². The summed E-state index contributed by atoms with van der Waals surface area (Å²) in [5, 5.41) is 10.3. The summed E-state index contributed by atoms with van der Waals surface area (Å²) in [5.41, 5.74) is 1.03. The molecule has 0 spiro atoms. The van der Waals surface area contributed by atoms with Gasteiger partial charge in [0.15, 0.2) is 6.10 Å². The number of hydrogen-bond donors (Lipinski definition) is 1. The number of hydrogen-bond acceptors (Lipinski definition) is 4. The van der Waals surface area contributed by atoms with E-state index in [1.807, 2.05) is 12.1 Å². The van der Waals surface area contributed by atoms with Crippen LogP contribution in [0, 0.1) is 0 Å². The zero-order chi connectivity index (χ0) is 18.7. The molecule has 1 fully saturated rings. The van der Waals surface area contributed by atoms with Crippen LogP contribution in [0.5, 0.6) is 11.5 Å². The van der Waals surface area contributed by atoms with Crippen molar-refractivity contribution in [1.29, 1.82) is 0 Å². The number of ether oxygens (including phenoxy) is 1. The van der Waals surface area contributed by atoms with Gasteiger partial charge in [-0.1, -0.05) is 23.2 Å². The van der Waals surface area contributed by atoms with E-state index in [0.29, 0.717) is 28.9 Å². The Morgan fingerprint density at radius 1 is 1.08 bits per heavy atom. The average molecular weight is 395 g/mol. The van der Waals surface area contributed by atoms with Crippen molar-refractivity contribution in [3.63, 3.8) is 0 Å². The third-order valence-corrected chi connectivity index (χ3v) is 4.88. The zero-order valence-electron chi connectivity index (χ0n) is 14.4. The highest BCUT2D eigenvalue weighted by Crippen LogP contribution is 2.28. The van der Waals surface area contributed by atoms with E-state index in [1.54, 1.807) is 42.2 Å². The third kappa shape index (κ3) is 4.34. The first kappa shape index (κ1) is 18.7. The Hall–Kier alpha value is -2.11. The molecule has 0 unspecified atom stereocenters. The predicted molar refractivity (Wildman–Crippen MR) is 103 cm³/mol. The van der Waals surface area contributed by atoms with Crippen LogP contribution in [0.4, 0.5) is 5.69 Å². The normalized spacial score (nSPS) is 15.7. The number of carbonyl (C=O) groups excluding carboxylic acids is 1. The number of aromatic hydroxyl groups is 1. The lowest BCUT2D eigenvalue weighted by molar-refractivity contribution is -0.138. The molecule has 138 valence electrons. The number of phenols is 1. The highest BCUT2D eigenvalue weighted by atomic mass is 35.5. The molecule has 1 amide bonds. The standard InChI is InChI=1S/C19H20Cl2N2O3/c1-13(26-18-7-2-14(20)12-17(18)21)19(25)23-10-8-22(9-11-23)15-3-5-16(24)6-4-15/h2-7,12-13,24H,8-11H2,1H3/t13-/m0/s1. The number of amides is 1. The van der Waals surface area contributed by atoms with E-state index in [0.717, 1.165) is 18.8 Å². The molecule has 3 rings (SSSR count). The van der Waals surface area contributed by atoms with Gasteiger partial charge in [0, 0.05) is 36.9 Å². The summed E-state index contributed by atoms with van der Waals surface area (Å²) in [7, 11) is 0. The van der Waals surface area contributed by atoms with E-state index in [1.165, 1.54) is 0 Å². The van der Waals surface area contributed by atoms with Crippen LogP contribution < -0.4 is 9.64 Å². The molecular weight excluding hydrogens is 375 g/mol. The van der Waals surface area contributed by atoms with Gasteiger partial charge in [0.2, 0.25) is 0 Å². The number of rotatable bonds is 4. The fourth-order valence-electron chi connectivity index (χ4n) is 2.92. The highest BCUT2D eigenvalue weighted by molar-refractivity contribution is 6.35. The molecule has 2 aromatic rings. The Morgan fingerprint density at radius 2 is 1.73 bits per heavy atom. The van der Waals surface area contributed by atoms with Crippen molar-refractivity contribution >= 4 is 34.8 Å². The fraction of sp³-hybridized carbons (Fsp3) is 0.316. The minimum atomic E-state index is -0.631. The van der Waals surface area contributed by atoms with Crippen LogP contribution in [0.3, 0.4) is 0 Å². The average Bonchev–Trinajstić information content (AvgIpc) is 2.64. The highest BCUT2D eigenvalue weighted by Gasteiger charge is 2.26. The van der Waals surface area contributed by atoms with Crippen molar-refractivity contribution in [2.24, 2.45) is 0 Å². The summed E-state index contributed by atoms with van der Waals surface area (Å²) in [6.07, 6.45) is -0.631. The summed E-state index contributed by atoms with van der Waals surface area (Å²) in [5.74, 6) is 0.621. The number of piperazine rings is 1. The van der Waals surface area contributed by atoms with Gasteiger partial charge in [-0.25, -0.2) is 0 Å². The molecule has 2 aromatic carbocycles. The SMILES string of the molecule is C[C@H](Oc1ccc(Cl)cc1Cl)C(=O)N1CCN(c2ccc(O)cc2)CC1. The van der Waals surface area contributed by atoms with E-state index in [2.05, 4.69) is 4.90 Å². The quantitative estimate of drug-likeness (QED) is 0.856. The first-order valence-electron chi connectivity index (χ1n) is 8.38. The molecule has 0 aromatic heterocycles. The molecule has 5 nitrogen and oxygen atoms in total. The summed E-state index contributed by atoms with van der Waals surface area (Å²) >= 11 is 12.0. The van der Waals surface area contributed by atoms with E-state index >= 15 is 0 Å². The lowest BCUT2D eigenvalue weighted by Crippen LogP contribution is -2.52. The number of nitrogens with zero attached hydrogens (tertiary/aromatic N) is 2. The molecule has 1 heterocycles. The summed E-state index contributed by atoms with van der Waals surface area (Å²) in [4.78, 5) is 16.6. The van der Waals surface area contributed by atoms with Crippen molar-refractivity contribution in [2.75, 3.05) is 31.1 Å². The molecule has 1 N–H and O–H groups in total. The van der Waals surface area contributed by atoms with Crippen LogP contribution in [-0.4, -0.2) is 48.2 Å². The second-order valence-corrected chi connectivity index (χ2v) is 7.01. The molecule has 0 radical (unpaired) electrons. The number of halogens is 2. The Balaban J connectivity index is 1.56. The molecule has 0 saturated carbocycles. The molecule has 7 heteroatoms. The van der Waals surface area contributed by atoms with Gasteiger partial charge < -0.3 is 19.6 Å². The fourth-order valence-corrected chi connectivity index (χ4v) is 3.37. The number of anilines is 1. The lowest BCUT2D eigenvalue weighted by atomic mass is 10.2. The van der Waals surface area contributed by atoms with Gasteiger partial charge in [-0.05, 0) is 49.4 Å². The third-order valence-electron chi connectivity index (χ3n) is 4.35. The van der Waals surface area contributed by atoms with Gasteiger partial charge in [0.25, 0.3) is 5.91 Å². The van der Waals surface area contributed by atoms with Gasteiger partial charge >= 0.3 is 0 Å². The van der Waals surface area contributed by atoms with Crippen molar-refractivity contribution in [2.45, 2.75) is 13.0 Å². The van der Waals surface area contributed by atoms with Crippen molar-refractivity contribution in [1.82, 2.24) is 4.90 Å². The minimum Gasteiger partial charge on any atom is -0.508 e. The first-order chi connectivity index (χ1) is 12.4. The second-order valence-electron chi connectivity index (χ2n) is 6.16. The van der Waals surface area contributed by atoms with Crippen LogP contribution in [0.15, 0.2) is 42.5 Å². The Morgan fingerprint density at radius 3 is 2.35 bits per heavy atom. The Bertz CT molecular complexity index is 775. The molecule has 1 aliphatic heterocycles. The smallest absolute Gasteiger partial charge is 0.263 e. The van der Waals surface area contributed by atoms with Gasteiger partial charge in [-0.3, -0.25) is 4.79 Å². The number of carbonyl (C=O) groups is 1. The molecule has 0 aliphatic carbocycles. The van der Waals surface area contributed by atoms with Gasteiger partial charge in [-0.2, -0.15) is 0 Å². The molecule has 0 bridgehead atoms. The minimum absolute atomic E-state index is 0.0682. The van der Waals surface area contributed by atoms with E-state index in [-0.39, 0.29) is 11.7 Å². The summed E-state index contributed by atoms with van der Waals surface area (Å²) in [6.45, 7) is 4.40. The molecular formula is C19H20Cl2N2O3. The maximum atomic E-state index is 12.6. The second kappa shape index (κ2) is 8.06. The maximum Gasteiger partial charge on any atom is 0.263 e. The van der Waals surface area contributed by atoms with Crippen molar-refractivity contribution < 1.29 is 14.6 Å². The molecule has 26 heavy (non-hydrogen) atoms. The summed E-state index contributed by atoms with van der Waals surface area (Å²) in [6, 6.07) is 12.0. The van der Waals surface area contributed by atoms with Crippen LogP contribution in [0.2, 0.25) is 10.0 Å². The van der Waals surface area contributed by atoms with Crippen LogP contribution in [0.25, 0.3) is 0 Å². The number of phenolic OH excluding ortho intramolecular Hbond substituents is 1. The predicted octanol–water partition coefficient (Wildman–Crippen LogP) is 3.82. The zero-order valence-corrected chi connectivity index (χ0v) is 15.9. The van der Waals surface area contributed by atoms with Gasteiger partial charge in [0.1, 0.15) is 11.5 Å². The summed E-state index contributed by atoms with van der Waals surface area (Å²) < 4.78 is 5.72. The molecule has 1 aliphatic rings. The molecule has 1 atom stereocenters. The van der Waals surface area contributed by atoms with Gasteiger partial charge in [0.05, 0.1) is 5.02 Å². The van der Waals surface area contributed by atoms with E-state index < -0.39 is 6.10 Å². The lowest BCUT2D eigenvalue weighted by Gasteiger charge is -2.37. The Kier molecular flexibility index (Phi) is 5.79. The van der Waals surface area contributed by atoms with Crippen LogP contribution in [-0.2, 0) is 4.79 Å². The molecule has 1 saturated heterocycles. The van der Waals surface area contributed by atoms with E-state index in [4.69, 9.17) is 27.9 Å². The van der Waals surface area contributed by atoms with Crippen molar-refractivity contribution in [3.05, 3.63) is 52.5 Å². The largest absolute Gasteiger partial charge is 0.508 e. The topological polar surface area (TPSA) is 53.0 Å². The van der Waals surface area contributed by atoms with E-state index in [9.17, 15) is 9.90 Å². The monoisotopic (exact) mass is 394 g/mol. The number of benzene rings is 2. The van der Waals surface area contributed by atoms with Gasteiger partial charge in [-0.15, -0.1) is 0 Å². The van der Waals surface area contributed by atoms with Crippen LogP contribution in [0.1, 0.15) is 6.92 Å². The Labute approximate surface area is 162 Å².